The van der Waals surface area contributed by atoms with Crippen molar-refractivity contribution in [2.24, 2.45) is 5.10 Å². The Kier molecular flexibility index (Phi) is 6.21. The highest BCUT2D eigenvalue weighted by Crippen LogP contribution is 2.30. The third kappa shape index (κ3) is 4.49. The van der Waals surface area contributed by atoms with E-state index in [-0.39, 0.29) is 17.6 Å². The molecular weight excluding hydrogens is 402 g/mol. The van der Waals surface area contributed by atoms with E-state index in [0.717, 1.165) is 41.1 Å². The van der Waals surface area contributed by atoms with Crippen LogP contribution in [-0.4, -0.2) is 17.5 Å². The molecular formula is C26H27N3O3. The largest absolute Gasteiger partial charge is 0.455 e. The van der Waals surface area contributed by atoms with Gasteiger partial charge in [0.2, 0.25) is 0 Å². The van der Waals surface area contributed by atoms with Crippen LogP contribution < -0.4 is 10.7 Å². The molecule has 32 heavy (non-hydrogen) atoms. The van der Waals surface area contributed by atoms with Crippen LogP contribution in [0.3, 0.4) is 0 Å². The smallest absolute Gasteiger partial charge is 0.291 e. The Balaban J connectivity index is 1.54. The number of hydrogen-bond acceptors (Lipinski definition) is 4. The maximum absolute atomic E-state index is 12.9. The quantitative estimate of drug-likeness (QED) is 0.530. The number of nitrogens with one attached hydrogen (secondary N) is 2. The number of benzene rings is 2. The Morgan fingerprint density at radius 3 is 2.38 bits per heavy atom. The molecule has 4 rings (SSSR count). The second-order valence-electron chi connectivity index (χ2n) is 8.30. The summed E-state index contributed by atoms with van der Waals surface area (Å²) < 4.78 is 5.95. The molecule has 1 heterocycles. The fourth-order valence-electron chi connectivity index (χ4n) is 3.91. The summed E-state index contributed by atoms with van der Waals surface area (Å²) in [6.07, 6.45) is 2.29. The fraction of sp³-hybridized carbons (Fsp3) is 0.269. The molecule has 0 aliphatic heterocycles. The number of carbonyl (C=O) groups excluding carboxylic acids is 2. The fourth-order valence-corrected chi connectivity index (χ4v) is 3.91. The van der Waals surface area contributed by atoms with Gasteiger partial charge in [0.15, 0.2) is 5.76 Å². The van der Waals surface area contributed by atoms with Crippen LogP contribution in [0.1, 0.15) is 76.0 Å². The number of nitrogens with zero attached hydrogens (tertiary/aromatic N) is 1. The lowest BCUT2D eigenvalue weighted by atomic mass is 9.93. The summed E-state index contributed by atoms with van der Waals surface area (Å²) >= 11 is 0. The normalized spacial score (nSPS) is 14.3. The molecule has 0 spiro atoms. The molecule has 1 aliphatic rings. The van der Waals surface area contributed by atoms with Gasteiger partial charge in [0, 0.05) is 28.8 Å². The first-order valence-electron chi connectivity index (χ1n) is 10.9. The van der Waals surface area contributed by atoms with Crippen molar-refractivity contribution in [2.75, 3.05) is 5.32 Å². The summed E-state index contributed by atoms with van der Waals surface area (Å²) in [4.78, 5) is 25.3. The van der Waals surface area contributed by atoms with Crippen molar-refractivity contribution >= 4 is 23.2 Å². The molecule has 1 aromatic heterocycles. The number of carbonyl (C=O) groups is 2. The highest BCUT2D eigenvalue weighted by atomic mass is 16.4. The van der Waals surface area contributed by atoms with Crippen LogP contribution in [0.2, 0.25) is 0 Å². The van der Waals surface area contributed by atoms with E-state index in [1.54, 1.807) is 12.1 Å². The van der Waals surface area contributed by atoms with Crippen LogP contribution in [0.4, 0.5) is 5.69 Å². The second-order valence-corrected chi connectivity index (χ2v) is 8.30. The lowest BCUT2D eigenvalue weighted by Crippen LogP contribution is -2.22. The number of hydrogen-bond donors (Lipinski definition) is 2. The number of anilines is 1. The van der Waals surface area contributed by atoms with Crippen molar-refractivity contribution in [1.82, 2.24) is 5.43 Å². The van der Waals surface area contributed by atoms with Crippen molar-refractivity contribution in [2.45, 2.75) is 46.0 Å². The molecule has 0 fully saturated rings. The van der Waals surface area contributed by atoms with Crippen LogP contribution >= 0.6 is 0 Å². The molecule has 3 aromatic rings. The maximum atomic E-state index is 12.9. The van der Waals surface area contributed by atoms with E-state index >= 15 is 0 Å². The van der Waals surface area contributed by atoms with Crippen molar-refractivity contribution in [3.8, 4) is 0 Å². The minimum absolute atomic E-state index is 0.269. The number of rotatable bonds is 5. The Labute approximate surface area is 187 Å². The van der Waals surface area contributed by atoms with Gasteiger partial charge in [0.05, 0.1) is 5.71 Å². The zero-order chi connectivity index (χ0) is 22.7. The van der Waals surface area contributed by atoms with Gasteiger partial charge in [-0.1, -0.05) is 44.2 Å². The molecule has 164 valence electrons. The molecule has 0 unspecified atom stereocenters. The summed E-state index contributed by atoms with van der Waals surface area (Å²) in [7, 11) is 0. The van der Waals surface area contributed by atoms with Gasteiger partial charge in [0.1, 0.15) is 5.76 Å². The molecule has 0 radical (unpaired) electrons. The number of fused-ring (bicyclic) bond motifs is 1. The van der Waals surface area contributed by atoms with Gasteiger partial charge in [-0.25, -0.2) is 5.43 Å². The third-order valence-electron chi connectivity index (χ3n) is 5.70. The summed E-state index contributed by atoms with van der Waals surface area (Å²) in [5.41, 5.74) is 7.41. The lowest BCUT2D eigenvalue weighted by molar-refractivity contribution is 0.0953. The van der Waals surface area contributed by atoms with Crippen LogP contribution in [0.5, 0.6) is 0 Å². The molecule has 0 saturated heterocycles. The average molecular weight is 430 g/mol. The van der Waals surface area contributed by atoms with E-state index in [4.69, 9.17) is 4.42 Å². The van der Waals surface area contributed by atoms with E-state index < -0.39 is 0 Å². The van der Waals surface area contributed by atoms with Gasteiger partial charge in [-0.3, -0.25) is 9.59 Å². The van der Waals surface area contributed by atoms with Crippen LogP contribution in [-0.2, 0) is 6.42 Å². The summed E-state index contributed by atoms with van der Waals surface area (Å²) in [6.45, 7) is 6.12. The number of furan rings is 1. The molecule has 1 aliphatic carbocycles. The first-order chi connectivity index (χ1) is 15.4. The van der Waals surface area contributed by atoms with Crippen LogP contribution in [0.15, 0.2) is 64.1 Å². The topological polar surface area (TPSA) is 83.7 Å². The van der Waals surface area contributed by atoms with Crippen molar-refractivity contribution in [1.29, 1.82) is 0 Å². The minimum atomic E-state index is -0.290. The van der Waals surface area contributed by atoms with E-state index in [1.807, 2.05) is 49.4 Å². The van der Waals surface area contributed by atoms with Gasteiger partial charge < -0.3 is 9.73 Å². The van der Waals surface area contributed by atoms with Gasteiger partial charge in [-0.15, -0.1) is 0 Å². The van der Waals surface area contributed by atoms with Crippen LogP contribution in [0, 0.1) is 6.92 Å². The molecule has 2 amide bonds. The molecule has 6 nitrogen and oxygen atoms in total. The Bertz CT molecular complexity index is 1160. The minimum Gasteiger partial charge on any atom is -0.455 e. The van der Waals surface area contributed by atoms with Crippen molar-refractivity contribution in [3.63, 3.8) is 0 Å². The molecule has 0 bridgehead atoms. The Morgan fingerprint density at radius 2 is 1.69 bits per heavy atom. The van der Waals surface area contributed by atoms with Crippen molar-refractivity contribution in [3.05, 3.63) is 88.4 Å². The van der Waals surface area contributed by atoms with Crippen molar-refractivity contribution < 1.29 is 14.0 Å². The number of hydrazone groups is 1. The summed E-state index contributed by atoms with van der Waals surface area (Å²) in [6, 6.07) is 16.8. The summed E-state index contributed by atoms with van der Waals surface area (Å²) in [5.74, 6) is 0.892. The lowest BCUT2D eigenvalue weighted by Gasteiger charge is -2.13. The van der Waals surface area contributed by atoms with Gasteiger partial charge in [-0.05, 0) is 55.5 Å². The molecule has 0 atom stereocenters. The number of amides is 2. The monoisotopic (exact) mass is 429 g/mol. The maximum Gasteiger partial charge on any atom is 0.291 e. The number of aryl methyl sites for hydroxylation is 1. The highest BCUT2D eigenvalue weighted by Gasteiger charge is 2.28. The van der Waals surface area contributed by atoms with Gasteiger partial charge in [0.25, 0.3) is 11.8 Å². The third-order valence-corrected chi connectivity index (χ3v) is 5.70. The standard InChI is InChI=1S/C26H27N3O3/c1-16(2)18-12-14-20(15-13-18)27-26(31)24-17(3)23-21(10-7-11-22(23)32-24)28-29-25(30)19-8-5-4-6-9-19/h4-6,8-9,12-16H,7,10-11H2,1-3H3,(H,27,31)(H,29,30)/b28-21+. The molecule has 2 aromatic carbocycles. The average Bonchev–Trinajstić information content (AvgIpc) is 3.15. The predicted octanol–water partition coefficient (Wildman–Crippen LogP) is 5.43. The SMILES string of the molecule is Cc1c(C(=O)Nc2ccc(C(C)C)cc2)oc2c1/C(=N/NC(=O)c1ccccc1)CCC2. The molecule has 2 N–H and O–H groups in total. The van der Waals surface area contributed by atoms with Crippen LogP contribution in [0.25, 0.3) is 0 Å². The van der Waals surface area contributed by atoms with E-state index in [9.17, 15) is 9.59 Å². The predicted molar refractivity (Wildman–Crippen MR) is 125 cm³/mol. The zero-order valence-corrected chi connectivity index (χ0v) is 18.6. The van der Waals surface area contributed by atoms with Gasteiger partial charge >= 0.3 is 0 Å². The molecule has 0 saturated carbocycles. The van der Waals surface area contributed by atoms with E-state index in [2.05, 4.69) is 29.7 Å². The van der Waals surface area contributed by atoms with Gasteiger partial charge in [-0.2, -0.15) is 5.10 Å². The first kappa shape index (κ1) is 21.6. The first-order valence-corrected chi connectivity index (χ1v) is 10.9. The van der Waals surface area contributed by atoms with E-state index in [0.29, 0.717) is 17.9 Å². The highest BCUT2D eigenvalue weighted by molar-refractivity contribution is 6.09. The van der Waals surface area contributed by atoms with E-state index in [1.165, 1.54) is 5.56 Å². The Hall–Kier alpha value is -3.67. The summed E-state index contributed by atoms with van der Waals surface area (Å²) in [5, 5.41) is 7.29. The molecule has 6 heteroatoms. The zero-order valence-electron chi connectivity index (χ0n) is 18.6. The second kappa shape index (κ2) is 9.22. The Morgan fingerprint density at radius 1 is 0.969 bits per heavy atom.